The van der Waals surface area contributed by atoms with Crippen LogP contribution in [-0.4, -0.2) is 22.5 Å². The van der Waals surface area contributed by atoms with Gasteiger partial charge in [0.2, 0.25) is 0 Å². The molecule has 0 amide bonds. The van der Waals surface area contributed by atoms with E-state index in [1.807, 2.05) is 6.26 Å². The lowest BCUT2D eigenvalue weighted by atomic mass is 10.6. The van der Waals surface area contributed by atoms with Gasteiger partial charge in [0.15, 0.2) is 0 Å². The van der Waals surface area contributed by atoms with Crippen molar-refractivity contribution in [1.29, 1.82) is 0 Å². The van der Waals surface area contributed by atoms with Gasteiger partial charge in [-0.2, -0.15) is 5.10 Å². The van der Waals surface area contributed by atoms with E-state index in [0.29, 0.717) is 0 Å². The monoisotopic (exact) mass is 212 g/mol. The lowest BCUT2D eigenvalue weighted by Gasteiger charge is -2.00. The van der Waals surface area contributed by atoms with Crippen LogP contribution in [0.4, 0.5) is 8.78 Å². The Hall–Kier alpha value is -0.290. The van der Waals surface area contributed by atoms with Gasteiger partial charge in [0.1, 0.15) is 11.7 Å². The fourth-order valence-electron chi connectivity index (χ4n) is 0.748. The van der Waals surface area contributed by atoms with Gasteiger partial charge in [-0.1, -0.05) is 11.6 Å². The first-order valence-corrected chi connectivity index (χ1v) is 4.79. The van der Waals surface area contributed by atoms with E-state index < -0.39 is 13.0 Å². The molecule has 1 rings (SSSR count). The molecule has 0 N–H and O–H groups in total. The van der Waals surface area contributed by atoms with Crippen LogP contribution in [0.2, 0.25) is 5.15 Å². The molecule has 0 aromatic carbocycles. The van der Waals surface area contributed by atoms with Gasteiger partial charge in [0.05, 0.1) is 11.1 Å². The SMILES string of the molecule is CSc1cnn(CC(F)F)c1Cl. The predicted molar refractivity (Wildman–Crippen MR) is 45.0 cm³/mol. The zero-order valence-corrected chi connectivity index (χ0v) is 7.87. The maximum atomic E-state index is 11.9. The fourth-order valence-corrected chi connectivity index (χ4v) is 1.57. The standard InChI is InChI=1S/C6H7ClF2N2S/c1-12-4-2-10-11(6(4)7)3-5(8)9/h2,5H,3H2,1H3. The van der Waals surface area contributed by atoms with Gasteiger partial charge in [-0.05, 0) is 6.26 Å². The van der Waals surface area contributed by atoms with Crippen LogP contribution in [0.3, 0.4) is 0 Å². The highest BCUT2D eigenvalue weighted by Gasteiger charge is 2.11. The second-order valence-electron chi connectivity index (χ2n) is 2.08. The summed E-state index contributed by atoms with van der Waals surface area (Å²) in [6, 6.07) is 0. The molecule has 0 fully saturated rings. The van der Waals surface area contributed by atoms with Gasteiger partial charge in [-0.15, -0.1) is 11.8 Å². The molecule has 0 saturated heterocycles. The minimum atomic E-state index is -2.42. The third-order valence-electron chi connectivity index (χ3n) is 1.28. The Morgan fingerprint density at radius 2 is 2.42 bits per heavy atom. The molecule has 1 aromatic rings. The summed E-state index contributed by atoms with van der Waals surface area (Å²) < 4.78 is 24.9. The number of thioether (sulfide) groups is 1. The summed E-state index contributed by atoms with van der Waals surface area (Å²) in [5.41, 5.74) is 0. The molecular formula is C6H7ClF2N2S. The van der Waals surface area contributed by atoms with Crippen LogP contribution in [0.5, 0.6) is 0 Å². The molecule has 68 valence electrons. The summed E-state index contributed by atoms with van der Waals surface area (Å²) in [6.45, 7) is -0.445. The first kappa shape index (κ1) is 9.80. The Bertz CT molecular complexity index is 264. The number of hydrogen-bond acceptors (Lipinski definition) is 2. The van der Waals surface area contributed by atoms with Gasteiger partial charge in [-0.3, -0.25) is 0 Å². The predicted octanol–water partition coefficient (Wildman–Crippen LogP) is 2.52. The Morgan fingerprint density at radius 3 is 2.83 bits per heavy atom. The van der Waals surface area contributed by atoms with E-state index in [0.717, 1.165) is 9.58 Å². The van der Waals surface area contributed by atoms with Crippen LogP contribution >= 0.6 is 23.4 Å². The van der Waals surface area contributed by atoms with E-state index >= 15 is 0 Å². The highest BCUT2D eigenvalue weighted by atomic mass is 35.5. The molecular weight excluding hydrogens is 206 g/mol. The van der Waals surface area contributed by atoms with Crippen molar-refractivity contribution in [1.82, 2.24) is 9.78 Å². The topological polar surface area (TPSA) is 17.8 Å². The summed E-state index contributed by atoms with van der Waals surface area (Å²) in [6.07, 6.45) is 0.877. The first-order valence-electron chi connectivity index (χ1n) is 3.18. The van der Waals surface area contributed by atoms with Crippen molar-refractivity contribution in [3.05, 3.63) is 11.3 Å². The van der Waals surface area contributed by atoms with Crippen LogP contribution in [0.25, 0.3) is 0 Å². The van der Waals surface area contributed by atoms with Crippen molar-refractivity contribution < 1.29 is 8.78 Å². The largest absolute Gasteiger partial charge is 0.257 e. The van der Waals surface area contributed by atoms with E-state index in [9.17, 15) is 8.78 Å². The molecule has 2 nitrogen and oxygen atoms in total. The lowest BCUT2D eigenvalue weighted by molar-refractivity contribution is 0.122. The van der Waals surface area contributed by atoms with Crippen molar-refractivity contribution in [3.63, 3.8) is 0 Å². The fraction of sp³-hybridized carbons (Fsp3) is 0.500. The van der Waals surface area contributed by atoms with E-state index in [1.165, 1.54) is 18.0 Å². The van der Waals surface area contributed by atoms with Crippen LogP contribution in [-0.2, 0) is 6.54 Å². The Labute approximate surface area is 77.9 Å². The van der Waals surface area contributed by atoms with Crippen LogP contribution < -0.4 is 0 Å². The number of aromatic nitrogens is 2. The van der Waals surface area contributed by atoms with Crippen molar-refractivity contribution in [2.24, 2.45) is 0 Å². The van der Waals surface area contributed by atoms with Gasteiger partial charge in [0, 0.05) is 0 Å². The second-order valence-corrected chi connectivity index (χ2v) is 3.28. The lowest BCUT2D eigenvalue weighted by Crippen LogP contribution is -2.07. The number of nitrogens with zero attached hydrogens (tertiary/aromatic N) is 2. The van der Waals surface area contributed by atoms with E-state index in [-0.39, 0.29) is 5.15 Å². The molecule has 0 aliphatic heterocycles. The van der Waals surface area contributed by atoms with Crippen molar-refractivity contribution in [2.45, 2.75) is 17.9 Å². The summed E-state index contributed by atoms with van der Waals surface area (Å²) in [7, 11) is 0. The molecule has 0 spiro atoms. The second kappa shape index (κ2) is 4.09. The van der Waals surface area contributed by atoms with Crippen molar-refractivity contribution in [3.8, 4) is 0 Å². The normalized spacial score (nSPS) is 11.1. The molecule has 0 radical (unpaired) electrons. The van der Waals surface area contributed by atoms with Gasteiger partial charge >= 0.3 is 0 Å². The molecule has 12 heavy (non-hydrogen) atoms. The van der Waals surface area contributed by atoms with Gasteiger partial charge < -0.3 is 0 Å². The highest BCUT2D eigenvalue weighted by molar-refractivity contribution is 7.98. The molecule has 0 atom stereocenters. The van der Waals surface area contributed by atoms with Gasteiger partial charge in [0.25, 0.3) is 6.43 Å². The molecule has 0 aliphatic rings. The van der Waals surface area contributed by atoms with Crippen LogP contribution in [0.15, 0.2) is 11.1 Å². The molecule has 0 unspecified atom stereocenters. The zero-order valence-electron chi connectivity index (χ0n) is 6.30. The Balaban J connectivity index is 2.80. The molecule has 1 aromatic heterocycles. The number of alkyl halides is 2. The van der Waals surface area contributed by atoms with E-state index in [2.05, 4.69) is 5.10 Å². The molecule has 6 heteroatoms. The Morgan fingerprint density at radius 1 is 1.75 bits per heavy atom. The summed E-state index contributed by atoms with van der Waals surface area (Å²) in [5.74, 6) is 0. The number of hydrogen-bond donors (Lipinski definition) is 0. The summed E-state index contributed by atoms with van der Waals surface area (Å²) >= 11 is 7.10. The minimum Gasteiger partial charge on any atom is -0.247 e. The van der Waals surface area contributed by atoms with Crippen molar-refractivity contribution >= 4 is 23.4 Å². The minimum absolute atomic E-state index is 0.280. The molecule has 0 aliphatic carbocycles. The van der Waals surface area contributed by atoms with E-state index in [4.69, 9.17) is 11.6 Å². The molecule has 1 heterocycles. The average Bonchev–Trinajstić information content (AvgIpc) is 2.32. The number of halogens is 3. The number of rotatable bonds is 3. The highest BCUT2D eigenvalue weighted by Crippen LogP contribution is 2.24. The van der Waals surface area contributed by atoms with Crippen LogP contribution in [0, 0.1) is 0 Å². The molecule has 0 saturated carbocycles. The van der Waals surface area contributed by atoms with Gasteiger partial charge in [-0.25, -0.2) is 13.5 Å². The zero-order chi connectivity index (χ0) is 9.14. The quantitative estimate of drug-likeness (QED) is 0.717. The smallest absolute Gasteiger partial charge is 0.247 e. The summed E-state index contributed by atoms with van der Waals surface area (Å²) in [5, 5.41) is 3.99. The molecule has 0 bridgehead atoms. The summed E-state index contributed by atoms with van der Waals surface area (Å²) in [4.78, 5) is 0.720. The Kier molecular flexibility index (Phi) is 3.34. The van der Waals surface area contributed by atoms with Crippen molar-refractivity contribution in [2.75, 3.05) is 6.26 Å². The average molecular weight is 213 g/mol. The third kappa shape index (κ3) is 2.10. The van der Waals surface area contributed by atoms with E-state index in [1.54, 1.807) is 0 Å². The first-order chi connectivity index (χ1) is 5.65. The maximum Gasteiger partial charge on any atom is 0.257 e. The maximum absolute atomic E-state index is 11.9. The van der Waals surface area contributed by atoms with Crippen LogP contribution in [0.1, 0.15) is 0 Å². The third-order valence-corrected chi connectivity index (χ3v) is 2.52.